The van der Waals surface area contributed by atoms with Crippen LogP contribution in [0.15, 0.2) is 24.3 Å². The van der Waals surface area contributed by atoms with Gasteiger partial charge in [0.05, 0.1) is 13.2 Å². The number of hydrogen-bond acceptors (Lipinski definition) is 4. The lowest BCUT2D eigenvalue weighted by atomic mass is 10.0. The Kier molecular flexibility index (Phi) is 42.0. The number of allylic oxidation sites excluding steroid dienone is 4. The summed E-state index contributed by atoms with van der Waals surface area (Å²) >= 11 is 0. The molecule has 0 fully saturated rings. The molecule has 290 valence electrons. The first-order valence-corrected chi connectivity index (χ1v) is 21.9. The largest absolute Gasteiger partial charge is 0.457 e. The minimum Gasteiger partial charge on any atom is -0.457 e. The van der Waals surface area contributed by atoms with Gasteiger partial charge in [0, 0.05) is 13.0 Å². The third-order valence-corrected chi connectivity index (χ3v) is 9.78. The summed E-state index contributed by atoms with van der Waals surface area (Å²) in [5.74, 6) is -0.198. The van der Waals surface area contributed by atoms with E-state index in [0.29, 0.717) is 19.6 Å². The SMILES string of the molecule is CCCCCCC/C=C\C/C=C\CCCCCCCCCCCCCCCC(=O)OC(CO)COCCCCCCCCCCCCCC. The summed E-state index contributed by atoms with van der Waals surface area (Å²) in [5.41, 5.74) is 0. The van der Waals surface area contributed by atoms with E-state index in [4.69, 9.17) is 9.47 Å². The van der Waals surface area contributed by atoms with Crippen molar-refractivity contribution in [1.29, 1.82) is 0 Å². The molecule has 49 heavy (non-hydrogen) atoms. The van der Waals surface area contributed by atoms with Crippen molar-refractivity contribution < 1.29 is 19.4 Å². The number of carbonyl (C=O) groups is 1. The number of rotatable bonds is 41. The van der Waals surface area contributed by atoms with Gasteiger partial charge in [-0.25, -0.2) is 0 Å². The fourth-order valence-electron chi connectivity index (χ4n) is 6.48. The Labute approximate surface area is 307 Å². The highest BCUT2D eigenvalue weighted by atomic mass is 16.6. The van der Waals surface area contributed by atoms with Gasteiger partial charge < -0.3 is 14.6 Å². The van der Waals surface area contributed by atoms with Crippen LogP contribution in [-0.4, -0.2) is 37.0 Å². The molecule has 0 aromatic carbocycles. The van der Waals surface area contributed by atoms with Crippen LogP contribution in [-0.2, 0) is 14.3 Å². The topological polar surface area (TPSA) is 55.8 Å². The second-order valence-electron chi connectivity index (χ2n) is 14.8. The summed E-state index contributed by atoms with van der Waals surface area (Å²) in [4.78, 5) is 12.2. The number of unbranched alkanes of at least 4 members (excludes halogenated alkanes) is 29. The zero-order chi connectivity index (χ0) is 35.6. The molecule has 1 N–H and O–H groups in total. The zero-order valence-corrected chi connectivity index (χ0v) is 33.2. The normalized spacial score (nSPS) is 12.5. The van der Waals surface area contributed by atoms with Crippen LogP contribution in [0.4, 0.5) is 0 Å². The number of aliphatic hydroxyl groups excluding tert-OH is 1. The average molecular weight is 691 g/mol. The molecule has 0 aliphatic rings. The summed E-state index contributed by atoms with van der Waals surface area (Å²) in [7, 11) is 0. The van der Waals surface area contributed by atoms with Crippen molar-refractivity contribution in [2.45, 2.75) is 238 Å². The first-order chi connectivity index (χ1) is 24.2. The van der Waals surface area contributed by atoms with Gasteiger partial charge in [-0.3, -0.25) is 4.79 Å². The minimum absolute atomic E-state index is 0.167. The van der Waals surface area contributed by atoms with Crippen molar-refractivity contribution in [3.63, 3.8) is 0 Å². The van der Waals surface area contributed by atoms with Crippen molar-refractivity contribution in [3.05, 3.63) is 24.3 Å². The summed E-state index contributed by atoms with van der Waals surface area (Å²) < 4.78 is 11.1. The molecular weight excluding hydrogens is 604 g/mol. The van der Waals surface area contributed by atoms with E-state index >= 15 is 0 Å². The molecule has 0 bridgehead atoms. The first kappa shape index (κ1) is 47.9. The Bertz CT molecular complexity index is 688. The van der Waals surface area contributed by atoms with Crippen LogP contribution in [0.3, 0.4) is 0 Å². The maximum Gasteiger partial charge on any atom is 0.306 e. The van der Waals surface area contributed by atoms with Crippen LogP contribution in [0.2, 0.25) is 0 Å². The molecule has 4 nitrogen and oxygen atoms in total. The van der Waals surface area contributed by atoms with Gasteiger partial charge in [-0.1, -0.05) is 205 Å². The van der Waals surface area contributed by atoms with Crippen LogP contribution in [0.5, 0.6) is 0 Å². The van der Waals surface area contributed by atoms with E-state index in [1.807, 2.05) is 0 Å². The smallest absolute Gasteiger partial charge is 0.306 e. The molecular formula is C45H86O4. The lowest BCUT2D eigenvalue weighted by molar-refractivity contribution is -0.154. The lowest BCUT2D eigenvalue weighted by Crippen LogP contribution is -2.27. The summed E-state index contributed by atoms with van der Waals surface area (Å²) in [6.07, 6.45) is 52.4. The predicted octanol–water partition coefficient (Wildman–Crippen LogP) is 14.3. The summed E-state index contributed by atoms with van der Waals surface area (Å²) in [5, 5.41) is 9.58. The molecule has 0 spiro atoms. The number of hydrogen-bond donors (Lipinski definition) is 1. The molecule has 0 aliphatic heterocycles. The van der Waals surface area contributed by atoms with E-state index in [-0.39, 0.29) is 12.6 Å². The Morgan fingerprint density at radius 1 is 0.490 bits per heavy atom. The Morgan fingerprint density at radius 3 is 1.27 bits per heavy atom. The maximum atomic E-state index is 12.2. The number of ether oxygens (including phenoxy) is 2. The number of esters is 1. The molecule has 0 heterocycles. The van der Waals surface area contributed by atoms with E-state index in [2.05, 4.69) is 38.2 Å². The van der Waals surface area contributed by atoms with Gasteiger partial charge in [-0.15, -0.1) is 0 Å². The van der Waals surface area contributed by atoms with Gasteiger partial charge in [-0.05, 0) is 44.9 Å². The first-order valence-electron chi connectivity index (χ1n) is 21.9. The molecule has 1 unspecified atom stereocenters. The molecule has 0 amide bonds. The van der Waals surface area contributed by atoms with E-state index in [9.17, 15) is 9.90 Å². The molecule has 0 rings (SSSR count). The van der Waals surface area contributed by atoms with Crippen molar-refractivity contribution in [1.82, 2.24) is 0 Å². The second-order valence-corrected chi connectivity index (χ2v) is 14.8. The van der Waals surface area contributed by atoms with Gasteiger partial charge in [0.2, 0.25) is 0 Å². The van der Waals surface area contributed by atoms with Crippen LogP contribution < -0.4 is 0 Å². The predicted molar refractivity (Wildman–Crippen MR) is 214 cm³/mol. The molecule has 4 heteroatoms. The Hall–Kier alpha value is -1.13. The fraction of sp³-hybridized carbons (Fsp3) is 0.889. The molecule has 0 saturated carbocycles. The Balaban J connectivity index is 3.38. The molecule has 0 saturated heterocycles. The lowest BCUT2D eigenvalue weighted by Gasteiger charge is -2.16. The molecule has 1 atom stereocenters. The standard InChI is InChI=1S/C45H86O4/c1-3-5-7-9-11-13-15-17-18-19-20-21-22-23-24-25-26-27-28-29-30-32-34-36-38-40-45(47)49-44(42-46)43-48-41-39-37-35-33-31-16-14-12-10-8-6-4-2/h15,17,19-20,44,46H,3-14,16,18,21-43H2,1-2H3/b17-15-,20-19-. The van der Waals surface area contributed by atoms with Crippen molar-refractivity contribution in [2.75, 3.05) is 19.8 Å². The van der Waals surface area contributed by atoms with E-state index in [1.165, 1.54) is 186 Å². The third kappa shape index (κ3) is 41.2. The fourth-order valence-corrected chi connectivity index (χ4v) is 6.48. The summed E-state index contributed by atoms with van der Waals surface area (Å²) in [6.45, 7) is 5.37. The monoisotopic (exact) mass is 691 g/mol. The third-order valence-electron chi connectivity index (χ3n) is 9.78. The summed E-state index contributed by atoms with van der Waals surface area (Å²) in [6, 6.07) is 0. The van der Waals surface area contributed by atoms with E-state index in [0.717, 1.165) is 25.7 Å². The van der Waals surface area contributed by atoms with Crippen LogP contribution in [0.25, 0.3) is 0 Å². The Morgan fingerprint density at radius 2 is 0.857 bits per heavy atom. The van der Waals surface area contributed by atoms with Crippen LogP contribution in [0.1, 0.15) is 232 Å². The number of carbonyl (C=O) groups excluding carboxylic acids is 1. The molecule has 0 radical (unpaired) electrons. The minimum atomic E-state index is -0.529. The van der Waals surface area contributed by atoms with Gasteiger partial charge in [0.1, 0.15) is 6.10 Å². The zero-order valence-electron chi connectivity index (χ0n) is 33.2. The maximum absolute atomic E-state index is 12.2. The van der Waals surface area contributed by atoms with Gasteiger partial charge in [0.25, 0.3) is 0 Å². The molecule has 0 aliphatic carbocycles. The van der Waals surface area contributed by atoms with E-state index < -0.39 is 6.10 Å². The highest BCUT2D eigenvalue weighted by molar-refractivity contribution is 5.69. The van der Waals surface area contributed by atoms with Crippen molar-refractivity contribution >= 4 is 5.97 Å². The quantitative estimate of drug-likeness (QED) is 0.0394. The van der Waals surface area contributed by atoms with Crippen molar-refractivity contribution in [2.24, 2.45) is 0 Å². The van der Waals surface area contributed by atoms with Gasteiger partial charge in [0.15, 0.2) is 0 Å². The average Bonchev–Trinajstić information content (AvgIpc) is 3.11. The van der Waals surface area contributed by atoms with Crippen LogP contribution in [0, 0.1) is 0 Å². The van der Waals surface area contributed by atoms with Gasteiger partial charge >= 0.3 is 5.97 Å². The highest BCUT2D eigenvalue weighted by Gasteiger charge is 2.13. The number of aliphatic hydroxyl groups is 1. The second kappa shape index (κ2) is 43.0. The van der Waals surface area contributed by atoms with E-state index in [1.54, 1.807) is 0 Å². The molecule has 0 aromatic rings. The van der Waals surface area contributed by atoms with Crippen molar-refractivity contribution in [3.8, 4) is 0 Å². The van der Waals surface area contributed by atoms with Gasteiger partial charge in [-0.2, -0.15) is 0 Å². The van der Waals surface area contributed by atoms with Crippen LogP contribution >= 0.6 is 0 Å². The highest BCUT2D eigenvalue weighted by Crippen LogP contribution is 2.15. The molecule has 0 aromatic heterocycles.